The van der Waals surface area contributed by atoms with Gasteiger partial charge in [0, 0.05) is 31.4 Å². The Hall–Kier alpha value is -2.62. The van der Waals surface area contributed by atoms with Crippen LogP contribution in [0.4, 0.5) is 0 Å². The first-order valence-corrected chi connectivity index (χ1v) is 10.9. The molecule has 7 nitrogen and oxygen atoms in total. The Morgan fingerprint density at radius 3 is 2.56 bits per heavy atom. The van der Waals surface area contributed by atoms with Crippen molar-refractivity contribution >= 4 is 29.9 Å². The number of nitrogens with zero attached hydrogens (tertiary/aromatic N) is 3. The molecule has 170 valence electrons. The van der Waals surface area contributed by atoms with Crippen molar-refractivity contribution in [2.45, 2.75) is 51.3 Å². The summed E-state index contributed by atoms with van der Waals surface area (Å²) < 4.78 is 11.6. The highest BCUT2D eigenvalue weighted by molar-refractivity contribution is 14.0. The first-order valence-electron chi connectivity index (χ1n) is 10.9. The standard InChI is InChI=1S/C24H29N5O2.HI/c1-25-24(28-16-20-17-30-23(29-20)19-8-4-2-5-9-19)27-15-18-12-13-22(26-14-18)31-21-10-6-3-7-11-21;/h2,4-5,8-9,12-14,17,21H,3,6-7,10-11,15-16H2,1H3,(H2,25,27,28);1H. The summed E-state index contributed by atoms with van der Waals surface area (Å²) in [6.45, 7) is 1.13. The number of hydrogen-bond acceptors (Lipinski definition) is 5. The normalized spacial score (nSPS) is 14.5. The van der Waals surface area contributed by atoms with Crippen LogP contribution in [0.5, 0.6) is 5.88 Å². The van der Waals surface area contributed by atoms with Gasteiger partial charge in [-0.15, -0.1) is 24.0 Å². The van der Waals surface area contributed by atoms with Gasteiger partial charge in [0.25, 0.3) is 0 Å². The van der Waals surface area contributed by atoms with E-state index in [-0.39, 0.29) is 24.0 Å². The zero-order valence-corrected chi connectivity index (χ0v) is 20.6. The molecule has 0 aliphatic heterocycles. The van der Waals surface area contributed by atoms with E-state index < -0.39 is 0 Å². The second-order valence-corrected chi connectivity index (χ2v) is 7.67. The molecule has 0 saturated heterocycles. The van der Waals surface area contributed by atoms with E-state index in [0.29, 0.717) is 36.9 Å². The van der Waals surface area contributed by atoms with E-state index >= 15 is 0 Å². The number of benzene rings is 1. The number of hydrogen-bond donors (Lipinski definition) is 2. The summed E-state index contributed by atoms with van der Waals surface area (Å²) in [6, 6.07) is 13.8. The third kappa shape index (κ3) is 6.94. The van der Waals surface area contributed by atoms with E-state index in [1.54, 1.807) is 13.3 Å². The summed E-state index contributed by atoms with van der Waals surface area (Å²) >= 11 is 0. The van der Waals surface area contributed by atoms with Crippen molar-refractivity contribution in [2.24, 2.45) is 4.99 Å². The van der Waals surface area contributed by atoms with Crippen LogP contribution in [0, 0.1) is 0 Å². The molecule has 2 N–H and O–H groups in total. The van der Waals surface area contributed by atoms with Gasteiger partial charge in [-0.05, 0) is 43.4 Å². The van der Waals surface area contributed by atoms with E-state index in [0.717, 1.165) is 29.7 Å². The Morgan fingerprint density at radius 2 is 1.84 bits per heavy atom. The Morgan fingerprint density at radius 1 is 1.06 bits per heavy atom. The molecule has 0 amide bonds. The fraction of sp³-hybridized carbons (Fsp3) is 0.375. The van der Waals surface area contributed by atoms with E-state index in [4.69, 9.17) is 9.15 Å². The van der Waals surface area contributed by atoms with E-state index in [2.05, 4.69) is 25.6 Å². The Kier molecular flexibility index (Phi) is 9.33. The average Bonchev–Trinajstić information content (AvgIpc) is 3.31. The zero-order valence-electron chi connectivity index (χ0n) is 18.3. The zero-order chi connectivity index (χ0) is 21.3. The summed E-state index contributed by atoms with van der Waals surface area (Å²) in [6.07, 6.45) is 9.91. The Labute approximate surface area is 206 Å². The van der Waals surface area contributed by atoms with Crippen LogP contribution in [0.2, 0.25) is 0 Å². The highest BCUT2D eigenvalue weighted by atomic mass is 127. The number of guanidine groups is 1. The van der Waals surface area contributed by atoms with Crippen LogP contribution < -0.4 is 15.4 Å². The van der Waals surface area contributed by atoms with Crippen molar-refractivity contribution in [3.8, 4) is 17.3 Å². The minimum absolute atomic E-state index is 0. The number of nitrogens with one attached hydrogen (secondary N) is 2. The van der Waals surface area contributed by atoms with E-state index in [1.165, 1.54) is 19.3 Å². The summed E-state index contributed by atoms with van der Waals surface area (Å²) in [7, 11) is 1.74. The van der Waals surface area contributed by atoms with Crippen molar-refractivity contribution in [3.63, 3.8) is 0 Å². The SMILES string of the molecule is CN=C(NCc1ccc(OC2CCCCC2)nc1)NCc1coc(-c2ccccc2)n1.I. The van der Waals surface area contributed by atoms with Gasteiger partial charge in [0.2, 0.25) is 11.8 Å². The Balaban J connectivity index is 0.00000289. The molecular formula is C24H30IN5O2. The van der Waals surface area contributed by atoms with Crippen LogP contribution in [-0.4, -0.2) is 29.1 Å². The molecule has 4 rings (SSSR count). The molecule has 0 spiro atoms. The first kappa shape index (κ1) is 24.0. The molecule has 0 radical (unpaired) electrons. The number of pyridine rings is 1. The van der Waals surface area contributed by atoms with Crippen molar-refractivity contribution in [1.82, 2.24) is 20.6 Å². The van der Waals surface area contributed by atoms with Crippen molar-refractivity contribution < 1.29 is 9.15 Å². The van der Waals surface area contributed by atoms with E-state index in [1.807, 2.05) is 48.7 Å². The lowest BCUT2D eigenvalue weighted by molar-refractivity contribution is 0.148. The number of aliphatic imine (C=N–C) groups is 1. The Bertz CT molecular complexity index is 970. The predicted octanol–water partition coefficient (Wildman–Crippen LogP) is 4.93. The molecule has 0 bridgehead atoms. The monoisotopic (exact) mass is 547 g/mol. The molecule has 2 aromatic heterocycles. The second-order valence-electron chi connectivity index (χ2n) is 7.67. The molecule has 8 heteroatoms. The van der Waals surface area contributed by atoms with E-state index in [9.17, 15) is 0 Å². The van der Waals surface area contributed by atoms with Crippen LogP contribution in [0.25, 0.3) is 11.5 Å². The highest BCUT2D eigenvalue weighted by Crippen LogP contribution is 2.22. The fourth-order valence-corrected chi connectivity index (χ4v) is 3.62. The minimum Gasteiger partial charge on any atom is -0.474 e. The van der Waals surface area contributed by atoms with Crippen LogP contribution in [0.15, 0.2) is 64.3 Å². The van der Waals surface area contributed by atoms with Crippen LogP contribution >= 0.6 is 24.0 Å². The molecule has 1 fully saturated rings. The average molecular weight is 547 g/mol. The highest BCUT2D eigenvalue weighted by Gasteiger charge is 2.15. The van der Waals surface area contributed by atoms with Gasteiger partial charge in [0.15, 0.2) is 5.96 Å². The summed E-state index contributed by atoms with van der Waals surface area (Å²) in [5, 5.41) is 6.55. The van der Waals surface area contributed by atoms with Crippen LogP contribution in [0.1, 0.15) is 43.4 Å². The lowest BCUT2D eigenvalue weighted by Gasteiger charge is -2.22. The first-order chi connectivity index (χ1) is 15.3. The van der Waals surface area contributed by atoms with Gasteiger partial charge < -0.3 is 19.8 Å². The lowest BCUT2D eigenvalue weighted by Crippen LogP contribution is -2.36. The summed E-state index contributed by atoms with van der Waals surface area (Å²) in [5.41, 5.74) is 2.83. The van der Waals surface area contributed by atoms with Gasteiger partial charge in [-0.3, -0.25) is 4.99 Å². The summed E-state index contributed by atoms with van der Waals surface area (Å²) in [4.78, 5) is 13.3. The van der Waals surface area contributed by atoms with Crippen LogP contribution in [0.3, 0.4) is 0 Å². The summed E-state index contributed by atoms with van der Waals surface area (Å²) in [5.74, 6) is 2.01. The number of oxazole rings is 1. The number of halogens is 1. The lowest BCUT2D eigenvalue weighted by atomic mass is 9.98. The molecule has 1 aliphatic rings. The minimum atomic E-state index is 0. The number of aromatic nitrogens is 2. The van der Waals surface area contributed by atoms with Gasteiger partial charge in [-0.1, -0.05) is 30.7 Å². The smallest absolute Gasteiger partial charge is 0.226 e. The molecule has 2 heterocycles. The molecule has 1 aliphatic carbocycles. The van der Waals surface area contributed by atoms with Gasteiger partial charge in [0.05, 0.1) is 12.2 Å². The van der Waals surface area contributed by atoms with Crippen LogP contribution in [-0.2, 0) is 13.1 Å². The number of ether oxygens (including phenoxy) is 1. The quantitative estimate of drug-likeness (QED) is 0.248. The second kappa shape index (κ2) is 12.4. The van der Waals surface area contributed by atoms with Gasteiger partial charge in [-0.25, -0.2) is 9.97 Å². The molecule has 0 unspecified atom stereocenters. The molecule has 32 heavy (non-hydrogen) atoms. The maximum absolute atomic E-state index is 6.00. The molecule has 1 saturated carbocycles. The van der Waals surface area contributed by atoms with Gasteiger partial charge in [-0.2, -0.15) is 0 Å². The fourth-order valence-electron chi connectivity index (χ4n) is 3.62. The maximum Gasteiger partial charge on any atom is 0.226 e. The number of rotatable bonds is 7. The molecular weight excluding hydrogens is 517 g/mol. The molecule has 3 aromatic rings. The third-order valence-corrected chi connectivity index (χ3v) is 5.33. The van der Waals surface area contributed by atoms with Gasteiger partial charge >= 0.3 is 0 Å². The maximum atomic E-state index is 6.00. The molecule has 0 atom stereocenters. The third-order valence-electron chi connectivity index (χ3n) is 5.33. The van der Waals surface area contributed by atoms with Crippen molar-refractivity contribution in [1.29, 1.82) is 0 Å². The van der Waals surface area contributed by atoms with Crippen molar-refractivity contribution in [3.05, 3.63) is 66.2 Å². The largest absolute Gasteiger partial charge is 0.474 e. The van der Waals surface area contributed by atoms with Gasteiger partial charge in [0.1, 0.15) is 12.4 Å². The topological polar surface area (TPSA) is 84.6 Å². The van der Waals surface area contributed by atoms with Crippen molar-refractivity contribution in [2.75, 3.05) is 7.05 Å². The molecule has 1 aromatic carbocycles. The predicted molar refractivity (Wildman–Crippen MR) is 136 cm³/mol.